The van der Waals surface area contributed by atoms with Gasteiger partial charge >= 0.3 is 11.8 Å². The van der Waals surface area contributed by atoms with E-state index in [1.54, 1.807) is 50.8 Å². The highest BCUT2D eigenvalue weighted by molar-refractivity contribution is 6.01. The summed E-state index contributed by atoms with van der Waals surface area (Å²) >= 11 is 0. The van der Waals surface area contributed by atoms with Crippen LogP contribution in [-0.4, -0.2) is 33.2 Å². The lowest BCUT2D eigenvalue weighted by Gasteiger charge is -2.01. The minimum atomic E-state index is -0.581. The number of aromatic nitrogens is 2. The van der Waals surface area contributed by atoms with E-state index in [9.17, 15) is 9.59 Å². The maximum absolute atomic E-state index is 12.2. The summed E-state index contributed by atoms with van der Waals surface area (Å²) in [5.74, 6) is -1.26. The lowest BCUT2D eigenvalue weighted by atomic mass is 10.2. The Kier molecular flexibility index (Phi) is 6.21. The van der Waals surface area contributed by atoms with Crippen LogP contribution >= 0.6 is 0 Å². The molecule has 2 N–H and O–H groups in total. The maximum Gasteiger partial charge on any atom is 0.307 e. The summed E-state index contributed by atoms with van der Waals surface area (Å²) in [5.41, 5.74) is 7.47. The van der Waals surface area contributed by atoms with E-state index in [2.05, 4.69) is 31.0 Å². The third-order valence-electron chi connectivity index (χ3n) is 3.86. The molecule has 0 bridgehead atoms. The van der Waals surface area contributed by atoms with Crippen molar-refractivity contribution in [1.29, 1.82) is 0 Å². The Morgan fingerprint density at radius 3 is 1.62 bits per heavy atom. The monoisotopic (exact) mass is 390 g/mol. The standard InChI is InChI=1S/C20H18N6O3/c1-13(15-5-3-9-21-11-15)23-25-19(27)17-7-8-18(29-17)20(28)26-24-14(2)16-6-4-10-22-12-16/h3-12H,1-2H3,(H,25,27)(H,26,28). The zero-order chi connectivity index (χ0) is 20.6. The Balaban J connectivity index is 1.61. The minimum absolute atomic E-state index is 0.0501. The van der Waals surface area contributed by atoms with Crippen molar-refractivity contribution in [3.05, 3.63) is 83.8 Å². The third kappa shape index (κ3) is 5.19. The summed E-state index contributed by atoms with van der Waals surface area (Å²) in [5, 5.41) is 8.01. The summed E-state index contributed by atoms with van der Waals surface area (Å²) < 4.78 is 5.30. The number of rotatable bonds is 6. The molecule has 29 heavy (non-hydrogen) atoms. The molecular weight excluding hydrogens is 372 g/mol. The Morgan fingerprint density at radius 1 is 0.793 bits per heavy atom. The van der Waals surface area contributed by atoms with Gasteiger partial charge in [0.2, 0.25) is 0 Å². The van der Waals surface area contributed by atoms with Crippen LogP contribution in [0.5, 0.6) is 0 Å². The number of hydrazone groups is 2. The Labute approximate surface area is 166 Å². The second-order valence-corrected chi connectivity index (χ2v) is 5.92. The van der Waals surface area contributed by atoms with Crippen molar-refractivity contribution in [1.82, 2.24) is 20.8 Å². The van der Waals surface area contributed by atoms with E-state index < -0.39 is 11.8 Å². The number of nitrogens with zero attached hydrogens (tertiary/aromatic N) is 4. The molecule has 0 aliphatic carbocycles. The van der Waals surface area contributed by atoms with Crippen LogP contribution in [0.3, 0.4) is 0 Å². The fraction of sp³-hybridized carbons (Fsp3) is 0.100. The smallest absolute Gasteiger partial charge is 0.307 e. The summed E-state index contributed by atoms with van der Waals surface area (Å²) in [6, 6.07) is 9.95. The molecule has 0 spiro atoms. The van der Waals surface area contributed by atoms with Crippen LogP contribution in [0.4, 0.5) is 0 Å². The van der Waals surface area contributed by atoms with Crippen molar-refractivity contribution < 1.29 is 14.0 Å². The average molecular weight is 390 g/mol. The quantitative estimate of drug-likeness (QED) is 0.494. The molecule has 3 aromatic heterocycles. The van der Waals surface area contributed by atoms with Crippen LogP contribution < -0.4 is 10.9 Å². The van der Waals surface area contributed by atoms with Crippen molar-refractivity contribution in [2.24, 2.45) is 10.2 Å². The van der Waals surface area contributed by atoms with Crippen molar-refractivity contribution >= 4 is 23.2 Å². The molecule has 9 heteroatoms. The van der Waals surface area contributed by atoms with Gasteiger partial charge in [0.1, 0.15) is 0 Å². The Bertz CT molecular complexity index is 974. The van der Waals surface area contributed by atoms with E-state index >= 15 is 0 Å². The zero-order valence-corrected chi connectivity index (χ0v) is 15.8. The molecule has 3 rings (SSSR count). The second-order valence-electron chi connectivity index (χ2n) is 5.92. The lowest BCUT2D eigenvalue weighted by Crippen LogP contribution is -2.20. The van der Waals surface area contributed by atoms with Gasteiger partial charge in [0, 0.05) is 35.9 Å². The molecule has 146 valence electrons. The SMILES string of the molecule is CC(=NNC(=O)c1ccc(C(=O)NN=C(C)c2cccnc2)o1)c1cccnc1. The van der Waals surface area contributed by atoms with Gasteiger partial charge in [-0.25, -0.2) is 10.9 Å². The van der Waals surface area contributed by atoms with Crippen LogP contribution in [0.2, 0.25) is 0 Å². The molecule has 0 unspecified atom stereocenters. The molecule has 3 heterocycles. The lowest BCUT2D eigenvalue weighted by molar-refractivity contribution is 0.0902. The molecule has 0 saturated heterocycles. The molecule has 0 aliphatic heterocycles. The number of carbonyl (C=O) groups is 2. The van der Waals surface area contributed by atoms with Crippen LogP contribution in [-0.2, 0) is 0 Å². The van der Waals surface area contributed by atoms with Crippen molar-refractivity contribution in [3.8, 4) is 0 Å². The zero-order valence-electron chi connectivity index (χ0n) is 15.8. The van der Waals surface area contributed by atoms with Crippen LogP contribution in [0, 0.1) is 0 Å². The molecule has 0 aliphatic rings. The van der Waals surface area contributed by atoms with E-state index in [1.807, 2.05) is 12.1 Å². The summed E-state index contributed by atoms with van der Waals surface area (Å²) in [7, 11) is 0. The highest BCUT2D eigenvalue weighted by Crippen LogP contribution is 2.08. The van der Waals surface area contributed by atoms with Gasteiger partial charge in [-0.3, -0.25) is 19.6 Å². The van der Waals surface area contributed by atoms with Gasteiger partial charge in [0.05, 0.1) is 11.4 Å². The number of nitrogens with one attached hydrogen (secondary N) is 2. The van der Waals surface area contributed by atoms with E-state index in [-0.39, 0.29) is 11.5 Å². The van der Waals surface area contributed by atoms with Gasteiger partial charge in [-0.05, 0) is 38.1 Å². The van der Waals surface area contributed by atoms with E-state index in [1.165, 1.54) is 12.1 Å². The van der Waals surface area contributed by atoms with Gasteiger partial charge in [-0.1, -0.05) is 12.1 Å². The largest absolute Gasteiger partial charge is 0.446 e. The first-order valence-corrected chi connectivity index (χ1v) is 8.64. The molecule has 0 saturated carbocycles. The summed E-state index contributed by atoms with van der Waals surface area (Å²) in [6.45, 7) is 3.47. The number of amides is 2. The first kappa shape index (κ1) is 19.6. The normalized spacial score (nSPS) is 11.8. The van der Waals surface area contributed by atoms with Gasteiger partial charge in [-0.15, -0.1) is 0 Å². The predicted molar refractivity (Wildman–Crippen MR) is 107 cm³/mol. The van der Waals surface area contributed by atoms with Gasteiger partial charge in [-0.2, -0.15) is 10.2 Å². The molecule has 0 fully saturated rings. The first-order chi connectivity index (χ1) is 14.0. The number of pyridine rings is 2. The molecule has 3 aromatic rings. The number of hydrogen-bond donors (Lipinski definition) is 2. The topological polar surface area (TPSA) is 122 Å². The van der Waals surface area contributed by atoms with Crippen LogP contribution in [0.15, 0.2) is 75.8 Å². The van der Waals surface area contributed by atoms with Gasteiger partial charge in [0.25, 0.3) is 0 Å². The highest BCUT2D eigenvalue weighted by Gasteiger charge is 2.15. The molecule has 0 atom stereocenters. The number of furan rings is 1. The van der Waals surface area contributed by atoms with Crippen LogP contribution in [0.25, 0.3) is 0 Å². The van der Waals surface area contributed by atoms with Gasteiger partial charge in [0.15, 0.2) is 11.5 Å². The van der Waals surface area contributed by atoms with E-state index in [0.29, 0.717) is 11.4 Å². The number of carbonyl (C=O) groups excluding carboxylic acids is 2. The Hall–Kier alpha value is -4.14. The molecule has 0 radical (unpaired) electrons. The minimum Gasteiger partial charge on any atom is -0.446 e. The predicted octanol–water partition coefficient (Wildman–Crippen LogP) is 2.38. The molecular formula is C20H18N6O3. The number of hydrogen-bond acceptors (Lipinski definition) is 7. The maximum atomic E-state index is 12.2. The second kappa shape index (κ2) is 9.18. The molecule has 9 nitrogen and oxygen atoms in total. The highest BCUT2D eigenvalue weighted by atomic mass is 16.4. The summed E-state index contributed by atoms with van der Waals surface area (Å²) in [4.78, 5) is 32.3. The fourth-order valence-corrected chi connectivity index (χ4v) is 2.24. The fourth-order valence-electron chi connectivity index (χ4n) is 2.24. The van der Waals surface area contributed by atoms with Crippen molar-refractivity contribution in [3.63, 3.8) is 0 Å². The van der Waals surface area contributed by atoms with Crippen molar-refractivity contribution in [2.75, 3.05) is 0 Å². The first-order valence-electron chi connectivity index (χ1n) is 8.64. The van der Waals surface area contributed by atoms with E-state index in [4.69, 9.17) is 4.42 Å². The molecule has 2 amide bonds. The van der Waals surface area contributed by atoms with Crippen molar-refractivity contribution in [2.45, 2.75) is 13.8 Å². The molecule has 0 aromatic carbocycles. The van der Waals surface area contributed by atoms with Crippen LogP contribution in [0.1, 0.15) is 46.1 Å². The van der Waals surface area contributed by atoms with E-state index in [0.717, 1.165) is 11.1 Å². The third-order valence-corrected chi connectivity index (χ3v) is 3.86. The summed E-state index contributed by atoms with van der Waals surface area (Å²) in [6.07, 6.45) is 6.56. The Morgan fingerprint density at radius 2 is 1.24 bits per heavy atom. The average Bonchev–Trinajstić information content (AvgIpc) is 3.27. The van der Waals surface area contributed by atoms with Gasteiger partial charge < -0.3 is 4.42 Å².